The average molecular weight is 456 g/mol. The smallest absolute Gasteiger partial charge is 0.255 e. The second kappa shape index (κ2) is 7.41. The summed E-state index contributed by atoms with van der Waals surface area (Å²) in [6, 6.07) is 16.5. The highest BCUT2D eigenvalue weighted by atomic mass is 79.9. The van der Waals surface area contributed by atoms with Gasteiger partial charge in [-0.3, -0.25) is 4.79 Å². The van der Waals surface area contributed by atoms with Crippen molar-refractivity contribution in [1.29, 1.82) is 0 Å². The van der Waals surface area contributed by atoms with E-state index in [2.05, 4.69) is 26.2 Å². The highest BCUT2D eigenvalue weighted by molar-refractivity contribution is 9.10. The molecule has 4 aromatic rings. The number of carbonyl (C=O) groups excluding carboxylic acids is 1. The molecule has 1 N–H and O–H groups in total. The molecule has 0 spiro atoms. The number of rotatable bonds is 3. The molecule has 6 heteroatoms. The molecule has 0 saturated carbocycles. The molecule has 1 amide bonds. The lowest BCUT2D eigenvalue weighted by Gasteiger charge is -2.07. The average Bonchev–Trinajstić information content (AvgIpc) is 3.09. The number of anilines is 1. The maximum atomic E-state index is 12.5. The van der Waals surface area contributed by atoms with Gasteiger partial charge in [0.25, 0.3) is 5.91 Å². The van der Waals surface area contributed by atoms with E-state index in [0.29, 0.717) is 38.8 Å². The molecule has 4 rings (SSSR count). The molecule has 0 radical (unpaired) electrons. The highest BCUT2D eigenvalue weighted by Gasteiger charge is 2.14. The van der Waals surface area contributed by atoms with Crippen molar-refractivity contribution in [3.63, 3.8) is 0 Å². The van der Waals surface area contributed by atoms with Gasteiger partial charge in [0.1, 0.15) is 5.52 Å². The molecule has 28 heavy (non-hydrogen) atoms. The number of aromatic nitrogens is 1. The van der Waals surface area contributed by atoms with E-state index in [4.69, 9.17) is 16.0 Å². The molecule has 0 saturated heterocycles. The number of carbonyl (C=O) groups is 1. The van der Waals surface area contributed by atoms with Crippen LogP contribution in [0.4, 0.5) is 5.69 Å². The maximum Gasteiger partial charge on any atom is 0.255 e. The maximum absolute atomic E-state index is 12.5. The topological polar surface area (TPSA) is 55.1 Å². The van der Waals surface area contributed by atoms with Gasteiger partial charge in [-0.2, -0.15) is 0 Å². The fourth-order valence-electron chi connectivity index (χ4n) is 2.87. The van der Waals surface area contributed by atoms with Crippen LogP contribution in [0, 0.1) is 13.8 Å². The number of fused-ring (bicyclic) bond motifs is 1. The van der Waals surface area contributed by atoms with Crippen molar-refractivity contribution in [3.8, 4) is 11.5 Å². The van der Waals surface area contributed by atoms with Crippen molar-refractivity contribution in [2.45, 2.75) is 13.8 Å². The van der Waals surface area contributed by atoms with Gasteiger partial charge in [0.05, 0.1) is 10.6 Å². The van der Waals surface area contributed by atoms with Gasteiger partial charge in [-0.05, 0) is 73.5 Å². The van der Waals surface area contributed by atoms with Gasteiger partial charge in [-0.15, -0.1) is 0 Å². The lowest BCUT2D eigenvalue weighted by Crippen LogP contribution is -2.12. The quantitative estimate of drug-likeness (QED) is 0.370. The molecule has 0 aliphatic rings. The third-order valence-electron chi connectivity index (χ3n) is 4.57. The number of hydrogen-bond donors (Lipinski definition) is 1. The predicted octanol–water partition coefficient (Wildman–Crippen LogP) is 6.78. The highest BCUT2D eigenvalue weighted by Crippen LogP contribution is 2.33. The van der Waals surface area contributed by atoms with Gasteiger partial charge >= 0.3 is 0 Å². The fraction of sp³-hybridized carbons (Fsp3) is 0.0909. The predicted molar refractivity (Wildman–Crippen MR) is 116 cm³/mol. The Morgan fingerprint density at radius 3 is 2.64 bits per heavy atom. The molecular formula is C22H16BrClN2O2. The van der Waals surface area contributed by atoms with Crippen LogP contribution in [0.3, 0.4) is 0 Å². The number of benzene rings is 3. The number of hydrogen-bond acceptors (Lipinski definition) is 3. The minimum Gasteiger partial charge on any atom is -0.436 e. The van der Waals surface area contributed by atoms with E-state index in [1.807, 2.05) is 44.2 Å². The summed E-state index contributed by atoms with van der Waals surface area (Å²) in [5, 5.41) is 3.47. The molecule has 0 aliphatic carbocycles. The minimum absolute atomic E-state index is 0.166. The minimum atomic E-state index is -0.166. The summed E-state index contributed by atoms with van der Waals surface area (Å²) in [4.78, 5) is 17.1. The third kappa shape index (κ3) is 3.68. The largest absolute Gasteiger partial charge is 0.436 e. The van der Waals surface area contributed by atoms with E-state index < -0.39 is 0 Å². The third-order valence-corrected chi connectivity index (χ3v) is 5.40. The van der Waals surface area contributed by atoms with Crippen LogP contribution in [0.5, 0.6) is 0 Å². The molecule has 0 fully saturated rings. The summed E-state index contributed by atoms with van der Waals surface area (Å²) in [6.45, 7) is 4.01. The van der Waals surface area contributed by atoms with Crippen LogP contribution in [-0.4, -0.2) is 10.9 Å². The van der Waals surface area contributed by atoms with Crippen molar-refractivity contribution in [3.05, 3.63) is 80.8 Å². The number of halogens is 2. The Hall–Kier alpha value is -2.63. The molecule has 1 heterocycles. The van der Waals surface area contributed by atoms with E-state index >= 15 is 0 Å². The molecular weight excluding hydrogens is 440 g/mol. The number of nitrogens with zero attached hydrogens (tertiary/aromatic N) is 1. The summed E-state index contributed by atoms with van der Waals surface area (Å²) in [5.41, 5.74) is 5.46. The fourth-order valence-corrected chi connectivity index (χ4v) is 3.43. The number of oxazole rings is 1. The summed E-state index contributed by atoms with van der Waals surface area (Å²) >= 11 is 9.70. The lowest BCUT2D eigenvalue weighted by atomic mass is 10.1. The van der Waals surface area contributed by atoms with Crippen molar-refractivity contribution in [2.24, 2.45) is 0 Å². The van der Waals surface area contributed by atoms with Crippen molar-refractivity contribution in [1.82, 2.24) is 4.98 Å². The second-order valence-corrected chi connectivity index (χ2v) is 7.90. The van der Waals surface area contributed by atoms with Crippen LogP contribution in [0.2, 0.25) is 5.02 Å². The molecule has 140 valence electrons. The van der Waals surface area contributed by atoms with Crippen LogP contribution < -0.4 is 5.32 Å². The molecule has 4 nitrogen and oxygen atoms in total. The zero-order valence-electron chi connectivity index (χ0n) is 15.2. The first-order valence-corrected chi connectivity index (χ1v) is 9.82. The van der Waals surface area contributed by atoms with Crippen LogP contribution in [-0.2, 0) is 0 Å². The monoisotopic (exact) mass is 454 g/mol. The Morgan fingerprint density at radius 2 is 1.86 bits per heavy atom. The van der Waals surface area contributed by atoms with Gasteiger partial charge in [-0.25, -0.2) is 4.98 Å². The van der Waals surface area contributed by atoms with E-state index in [-0.39, 0.29) is 5.91 Å². The van der Waals surface area contributed by atoms with E-state index in [1.165, 1.54) is 0 Å². The van der Waals surface area contributed by atoms with Crippen LogP contribution >= 0.6 is 27.5 Å². The molecule has 0 unspecified atom stereocenters. The Bertz CT molecular complexity index is 1220. The molecule has 0 bridgehead atoms. The van der Waals surface area contributed by atoms with Gasteiger partial charge in [-0.1, -0.05) is 33.6 Å². The Balaban J connectivity index is 1.63. The molecule has 0 atom stereocenters. The first-order chi connectivity index (χ1) is 13.4. The van der Waals surface area contributed by atoms with Crippen molar-refractivity contribution >= 4 is 50.2 Å². The summed E-state index contributed by atoms with van der Waals surface area (Å²) < 4.78 is 6.72. The van der Waals surface area contributed by atoms with Crippen LogP contribution in [0.25, 0.3) is 22.6 Å². The first kappa shape index (κ1) is 18.7. The number of aryl methyl sites for hydroxylation is 2. The standard InChI is InChI=1S/C22H16BrClN2O2/c1-12-3-4-14(9-13(12)2)21(27)25-16-6-8-20-19(11-16)26-22(28-20)17-10-15(23)5-7-18(17)24/h3-11H,1-2H3,(H,25,27). The van der Waals surface area contributed by atoms with Gasteiger partial charge in [0.15, 0.2) is 5.58 Å². The Labute approximate surface area is 175 Å². The number of amides is 1. The zero-order chi connectivity index (χ0) is 19.8. The van der Waals surface area contributed by atoms with E-state index in [9.17, 15) is 4.79 Å². The Morgan fingerprint density at radius 1 is 1.04 bits per heavy atom. The molecule has 1 aromatic heterocycles. The molecule has 0 aliphatic heterocycles. The summed E-state index contributed by atoms with van der Waals surface area (Å²) in [7, 11) is 0. The van der Waals surface area contributed by atoms with Gasteiger partial charge in [0.2, 0.25) is 5.89 Å². The number of nitrogens with one attached hydrogen (secondary N) is 1. The van der Waals surface area contributed by atoms with Crippen LogP contribution in [0.1, 0.15) is 21.5 Å². The lowest BCUT2D eigenvalue weighted by molar-refractivity contribution is 0.102. The first-order valence-electron chi connectivity index (χ1n) is 8.65. The second-order valence-electron chi connectivity index (χ2n) is 6.58. The van der Waals surface area contributed by atoms with E-state index in [0.717, 1.165) is 15.6 Å². The van der Waals surface area contributed by atoms with E-state index in [1.54, 1.807) is 24.3 Å². The zero-order valence-corrected chi connectivity index (χ0v) is 17.6. The van der Waals surface area contributed by atoms with Crippen LogP contribution in [0.15, 0.2) is 63.5 Å². The van der Waals surface area contributed by atoms with Crippen molar-refractivity contribution < 1.29 is 9.21 Å². The van der Waals surface area contributed by atoms with Crippen molar-refractivity contribution in [2.75, 3.05) is 5.32 Å². The van der Waals surface area contributed by atoms with Gasteiger partial charge < -0.3 is 9.73 Å². The SMILES string of the molecule is Cc1ccc(C(=O)Nc2ccc3oc(-c4cc(Br)ccc4Cl)nc3c2)cc1C. The summed E-state index contributed by atoms with van der Waals surface area (Å²) in [5.74, 6) is 0.264. The normalized spacial score (nSPS) is 11.0. The Kier molecular flexibility index (Phi) is 4.96. The summed E-state index contributed by atoms with van der Waals surface area (Å²) in [6.07, 6.45) is 0. The van der Waals surface area contributed by atoms with Gasteiger partial charge in [0, 0.05) is 15.7 Å². The molecule has 3 aromatic carbocycles.